The zero-order valence-electron chi connectivity index (χ0n) is 23.1. The molecule has 0 bridgehead atoms. The fraction of sp³-hybridized carbons (Fsp3) is 0.241. The predicted molar refractivity (Wildman–Crippen MR) is 150 cm³/mol. The van der Waals surface area contributed by atoms with Crippen molar-refractivity contribution in [2.45, 2.75) is 39.2 Å². The molecular formula is C29H30F2N6O4. The first kappa shape index (κ1) is 29.2. The molecule has 4 aromatic rings. The minimum Gasteiger partial charge on any atom is -0.457 e. The number of carbonyl (C=O) groups is 2. The van der Waals surface area contributed by atoms with Crippen LogP contribution in [0.5, 0.6) is 11.5 Å². The van der Waals surface area contributed by atoms with E-state index in [0.29, 0.717) is 28.4 Å². The Bertz CT molecular complexity index is 1580. The highest BCUT2D eigenvalue weighted by Gasteiger charge is 2.23. The van der Waals surface area contributed by atoms with Crippen LogP contribution in [0.15, 0.2) is 60.8 Å². The highest BCUT2D eigenvalue weighted by molar-refractivity contribution is 6.00. The number of nitrogens with one attached hydrogen (secondary N) is 3. The van der Waals surface area contributed by atoms with Crippen LogP contribution in [0.3, 0.4) is 0 Å². The smallest absolute Gasteiger partial charge is 0.324 e. The van der Waals surface area contributed by atoms with Crippen molar-refractivity contribution in [3.05, 3.63) is 89.4 Å². The van der Waals surface area contributed by atoms with Crippen molar-refractivity contribution in [2.24, 2.45) is 0 Å². The molecule has 1 unspecified atom stereocenters. The summed E-state index contributed by atoms with van der Waals surface area (Å²) in [5.74, 6) is -1.07. The van der Waals surface area contributed by atoms with E-state index in [1.54, 1.807) is 30.3 Å². The van der Waals surface area contributed by atoms with E-state index in [0.717, 1.165) is 18.2 Å². The lowest BCUT2D eigenvalue weighted by molar-refractivity contribution is 0.0957. The number of amides is 3. The predicted octanol–water partition coefficient (Wildman–Crippen LogP) is 5.69. The van der Waals surface area contributed by atoms with Gasteiger partial charge in [0.1, 0.15) is 34.6 Å². The van der Waals surface area contributed by atoms with Crippen molar-refractivity contribution >= 4 is 23.4 Å². The van der Waals surface area contributed by atoms with Gasteiger partial charge in [-0.2, -0.15) is 5.10 Å². The molecular weight excluding hydrogens is 534 g/mol. The Morgan fingerprint density at radius 3 is 2.29 bits per heavy atom. The van der Waals surface area contributed by atoms with Crippen LogP contribution in [0.1, 0.15) is 55.5 Å². The average Bonchev–Trinajstić information content (AvgIpc) is 3.33. The van der Waals surface area contributed by atoms with Crippen LogP contribution in [-0.4, -0.2) is 38.9 Å². The summed E-state index contributed by atoms with van der Waals surface area (Å²) in [7, 11) is 1.49. The average molecular weight is 565 g/mol. The van der Waals surface area contributed by atoms with Gasteiger partial charge in [0.25, 0.3) is 5.91 Å². The number of halogens is 2. The Balaban J connectivity index is 1.58. The van der Waals surface area contributed by atoms with E-state index < -0.39 is 29.2 Å². The van der Waals surface area contributed by atoms with Gasteiger partial charge >= 0.3 is 6.03 Å². The number of anilines is 2. The maximum absolute atomic E-state index is 14.0. The Kier molecular flexibility index (Phi) is 8.33. The second-order valence-electron chi connectivity index (χ2n) is 10.3. The maximum atomic E-state index is 14.0. The van der Waals surface area contributed by atoms with Crippen molar-refractivity contribution in [2.75, 3.05) is 17.7 Å². The molecule has 0 saturated heterocycles. The Hall–Kier alpha value is -4.84. The van der Waals surface area contributed by atoms with E-state index in [9.17, 15) is 23.5 Å². The molecule has 3 amide bonds. The second-order valence-corrected chi connectivity index (χ2v) is 10.3. The lowest BCUT2D eigenvalue weighted by atomic mass is 9.92. The van der Waals surface area contributed by atoms with Gasteiger partial charge in [0, 0.05) is 48.1 Å². The number of hydrogen-bond acceptors (Lipinski definition) is 6. The minimum atomic E-state index is -0.985. The van der Waals surface area contributed by atoms with Crippen molar-refractivity contribution in [3.63, 3.8) is 0 Å². The molecule has 0 fully saturated rings. The van der Waals surface area contributed by atoms with Crippen molar-refractivity contribution in [1.29, 1.82) is 0 Å². The van der Waals surface area contributed by atoms with Crippen LogP contribution in [0.25, 0.3) is 5.69 Å². The van der Waals surface area contributed by atoms with Gasteiger partial charge in [0.05, 0.1) is 17.5 Å². The quantitative estimate of drug-likeness (QED) is 0.228. The van der Waals surface area contributed by atoms with Crippen molar-refractivity contribution in [1.82, 2.24) is 20.1 Å². The van der Waals surface area contributed by atoms with E-state index in [4.69, 9.17) is 4.74 Å². The number of aliphatic hydroxyl groups is 1. The fourth-order valence-electron chi connectivity index (χ4n) is 3.89. The lowest BCUT2D eigenvalue weighted by Crippen LogP contribution is -2.22. The number of urea groups is 1. The number of nitrogens with zero attached hydrogens (tertiary/aromatic N) is 3. The molecule has 2 heterocycles. The highest BCUT2D eigenvalue weighted by Crippen LogP contribution is 2.31. The third-order valence-corrected chi connectivity index (χ3v) is 5.96. The monoisotopic (exact) mass is 564 g/mol. The third-order valence-electron chi connectivity index (χ3n) is 5.96. The SMILES string of the molecule is CNC(=O)c1cc(Oc2ccc(NC(=O)Nc3cc(C(C)(C)C)nn3-c3cc(F)cc(F)c3)c(C(C)O)c2)ccn1. The third kappa shape index (κ3) is 7.03. The van der Waals surface area contributed by atoms with Crippen LogP contribution in [-0.2, 0) is 5.41 Å². The van der Waals surface area contributed by atoms with Crippen LogP contribution in [0, 0.1) is 11.6 Å². The van der Waals surface area contributed by atoms with E-state index >= 15 is 0 Å². The first-order valence-corrected chi connectivity index (χ1v) is 12.7. The Labute approximate surface area is 235 Å². The molecule has 4 N–H and O–H groups in total. The molecule has 12 heteroatoms. The van der Waals surface area contributed by atoms with Gasteiger partial charge in [0.2, 0.25) is 0 Å². The molecule has 0 aliphatic carbocycles. The first-order valence-electron chi connectivity index (χ1n) is 12.7. The number of aliphatic hydroxyl groups excluding tert-OH is 1. The van der Waals surface area contributed by atoms with Crippen molar-refractivity contribution < 1.29 is 28.2 Å². The normalized spacial score (nSPS) is 12.0. The Morgan fingerprint density at radius 2 is 1.66 bits per heavy atom. The molecule has 0 radical (unpaired) electrons. The van der Waals surface area contributed by atoms with Crippen LogP contribution < -0.4 is 20.7 Å². The topological polar surface area (TPSA) is 130 Å². The second kappa shape index (κ2) is 11.7. The summed E-state index contributed by atoms with van der Waals surface area (Å²) in [4.78, 5) is 28.9. The molecule has 0 aliphatic heterocycles. The number of hydrogen-bond donors (Lipinski definition) is 4. The van der Waals surface area contributed by atoms with Gasteiger partial charge in [-0.15, -0.1) is 0 Å². The number of carbonyl (C=O) groups excluding carboxylic acids is 2. The first-order chi connectivity index (χ1) is 19.3. The molecule has 4 rings (SSSR count). The number of ether oxygens (including phenoxy) is 1. The maximum Gasteiger partial charge on any atom is 0.324 e. The zero-order chi connectivity index (χ0) is 29.9. The van der Waals surface area contributed by atoms with Gasteiger partial charge in [-0.3, -0.25) is 15.1 Å². The summed E-state index contributed by atoms with van der Waals surface area (Å²) in [6.45, 7) is 7.28. The van der Waals surface area contributed by atoms with Gasteiger partial charge in [-0.25, -0.2) is 18.3 Å². The molecule has 10 nitrogen and oxygen atoms in total. The van der Waals surface area contributed by atoms with Crippen LogP contribution in [0.4, 0.5) is 25.1 Å². The molecule has 2 aromatic heterocycles. The van der Waals surface area contributed by atoms with E-state index in [1.807, 2.05) is 20.8 Å². The minimum absolute atomic E-state index is 0.0927. The van der Waals surface area contributed by atoms with Crippen molar-refractivity contribution in [3.8, 4) is 17.2 Å². The summed E-state index contributed by atoms with van der Waals surface area (Å²) < 4.78 is 35.0. The zero-order valence-corrected chi connectivity index (χ0v) is 23.1. The molecule has 0 saturated carbocycles. The van der Waals surface area contributed by atoms with Gasteiger partial charge in [-0.1, -0.05) is 20.8 Å². The summed E-state index contributed by atoms with van der Waals surface area (Å²) in [5, 5.41) is 22.7. The number of pyridine rings is 1. The lowest BCUT2D eigenvalue weighted by Gasteiger charge is -2.16. The highest BCUT2D eigenvalue weighted by atomic mass is 19.1. The van der Waals surface area contributed by atoms with E-state index in [-0.39, 0.29) is 23.1 Å². The largest absolute Gasteiger partial charge is 0.457 e. The summed E-state index contributed by atoms with van der Waals surface area (Å²) >= 11 is 0. The molecule has 2 aromatic carbocycles. The van der Waals surface area contributed by atoms with Gasteiger partial charge in [-0.05, 0) is 43.3 Å². The van der Waals surface area contributed by atoms with Crippen LogP contribution in [0.2, 0.25) is 0 Å². The number of benzene rings is 2. The molecule has 1 atom stereocenters. The standard InChI is InChI=1S/C29H30F2N6O4/c1-16(38)22-13-20(41-21-8-9-33-24(14-21)27(39)32-5)6-7-23(22)34-28(40)35-26-15-25(29(2,3)4)36-37(26)19-11-17(30)10-18(31)12-19/h6-16,38H,1-5H3,(H,32,39)(H2,34,35,40). The molecule has 214 valence electrons. The van der Waals surface area contributed by atoms with Gasteiger partial charge in [0.15, 0.2) is 0 Å². The number of aromatic nitrogens is 3. The summed E-state index contributed by atoms with van der Waals surface area (Å²) in [6, 6.07) is 11.6. The Morgan fingerprint density at radius 1 is 0.976 bits per heavy atom. The summed E-state index contributed by atoms with van der Waals surface area (Å²) in [5.41, 5.74) is 1.08. The number of rotatable bonds is 7. The van der Waals surface area contributed by atoms with E-state index in [1.165, 1.54) is 30.9 Å². The molecule has 0 spiro atoms. The fourth-order valence-corrected chi connectivity index (χ4v) is 3.89. The van der Waals surface area contributed by atoms with Gasteiger partial charge < -0.3 is 20.5 Å². The van der Waals surface area contributed by atoms with E-state index in [2.05, 4.69) is 26.0 Å². The molecule has 0 aliphatic rings. The molecule has 41 heavy (non-hydrogen) atoms. The summed E-state index contributed by atoms with van der Waals surface area (Å²) in [6.07, 6.45) is 0.449. The van der Waals surface area contributed by atoms with Crippen LogP contribution >= 0.6 is 0 Å².